The van der Waals surface area contributed by atoms with E-state index in [1.54, 1.807) is 24.3 Å². The minimum Gasteiger partial charge on any atom is -0.478 e. The second-order valence-electron chi connectivity index (χ2n) is 7.57. The Kier molecular flexibility index (Phi) is 11.1. The molecule has 15 nitrogen and oxygen atoms in total. The average molecular weight is 584 g/mol. The number of esters is 1. The van der Waals surface area contributed by atoms with E-state index in [1.165, 1.54) is 30.3 Å². The van der Waals surface area contributed by atoms with Crippen LogP contribution < -0.4 is 21.5 Å². The standard InChI is InChI=1S/C20H17N5O4.2CH4O3S/c21-17(22)12-3-7-14-11(9-12)4-8-15(16(14)18(26)27)29-19(28)10-1-5-13(6-2-10)25-20(23)24;2*1-5(2,3)4/h1-9H,(H3,21,22)(H,26,27)(H4,23,24,25);2*1H3,(H,2,3,4). The molecule has 10 N–H and O–H groups in total. The van der Waals surface area contributed by atoms with Crippen LogP contribution in [0.25, 0.3) is 10.8 Å². The van der Waals surface area contributed by atoms with E-state index < -0.39 is 32.2 Å². The van der Waals surface area contributed by atoms with E-state index in [-0.39, 0.29) is 28.7 Å². The fourth-order valence-corrected chi connectivity index (χ4v) is 2.79. The summed E-state index contributed by atoms with van der Waals surface area (Å²) < 4.78 is 57.1. The zero-order chi connectivity index (χ0) is 30.1. The maximum atomic E-state index is 12.5. The zero-order valence-corrected chi connectivity index (χ0v) is 22.0. The van der Waals surface area contributed by atoms with Gasteiger partial charge in [0.1, 0.15) is 17.1 Å². The van der Waals surface area contributed by atoms with Gasteiger partial charge in [-0.25, -0.2) is 9.59 Å². The van der Waals surface area contributed by atoms with Gasteiger partial charge in [0, 0.05) is 16.6 Å². The molecule has 0 radical (unpaired) electrons. The Morgan fingerprint density at radius 2 is 1.33 bits per heavy atom. The molecule has 3 aromatic rings. The topological polar surface area (TPSA) is 284 Å². The molecule has 3 rings (SSSR count). The van der Waals surface area contributed by atoms with E-state index in [2.05, 4.69) is 5.32 Å². The summed E-state index contributed by atoms with van der Waals surface area (Å²) in [5, 5.41) is 27.8. The van der Waals surface area contributed by atoms with E-state index in [0.717, 1.165) is 0 Å². The Hall–Kier alpha value is -4.58. The monoisotopic (exact) mass is 583 g/mol. The SMILES string of the molecule is CS(=O)(=O)O.CS(=O)(=O)O.N=C(N)Nc1ccc(C(=O)Oc2ccc3cc(C(=N)N)ccc3c2C(=O)O)cc1. The Morgan fingerprint density at radius 3 is 1.77 bits per heavy atom. The van der Waals surface area contributed by atoms with E-state index in [1.807, 2.05) is 0 Å². The van der Waals surface area contributed by atoms with Gasteiger partial charge in [0.15, 0.2) is 5.96 Å². The van der Waals surface area contributed by atoms with Crippen LogP contribution in [0.3, 0.4) is 0 Å². The van der Waals surface area contributed by atoms with Gasteiger partial charge in [0.25, 0.3) is 20.2 Å². The molecule has 0 aromatic heterocycles. The number of carbonyl (C=O) groups is 2. The molecule has 39 heavy (non-hydrogen) atoms. The number of rotatable bonds is 5. The van der Waals surface area contributed by atoms with Crippen LogP contribution in [0.15, 0.2) is 54.6 Å². The normalized spacial score (nSPS) is 10.7. The molecule has 0 unspecified atom stereocenters. The predicted octanol–water partition coefficient (Wildman–Crippen LogP) is 1.35. The van der Waals surface area contributed by atoms with Gasteiger partial charge in [-0.3, -0.25) is 19.9 Å². The van der Waals surface area contributed by atoms with Crippen molar-refractivity contribution in [2.75, 3.05) is 17.8 Å². The van der Waals surface area contributed by atoms with Crippen LogP contribution in [0.2, 0.25) is 0 Å². The van der Waals surface area contributed by atoms with Gasteiger partial charge >= 0.3 is 11.9 Å². The van der Waals surface area contributed by atoms with Gasteiger partial charge in [-0.15, -0.1) is 0 Å². The first-order chi connectivity index (χ1) is 17.8. The molecule has 0 aliphatic carbocycles. The summed E-state index contributed by atoms with van der Waals surface area (Å²) in [7, 11) is -7.33. The van der Waals surface area contributed by atoms with Crippen LogP contribution in [-0.4, -0.2) is 67.3 Å². The minimum absolute atomic E-state index is 0.100. The third-order valence-corrected chi connectivity index (χ3v) is 4.11. The first-order valence-electron chi connectivity index (χ1n) is 10.2. The van der Waals surface area contributed by atoms with Crippen molar-refractivity contribution in [2.45, 2.75) is 0 Å². The number of benzene rings is 3. The molecule has 0 saturated heterocycles. The Labute approximate surface area is 222 Å². The first-order valence-corrected chi connectivity index (χ1v) is 13.9. The van der Waals surface area contributed by atoms with Crippen LogP contribution in [0, 0.1) is 10.8 Å². The maximum Gasteiger partial charge on any atom is 0.343 e. The van der Waals surface area contributed by atoms with Crippen molar-refractivity contribution < 1.29 is 45.4 Å². The van der Waals surface area contributed by atoms with Gasteiger partial charge < -0.3 is 26.6 Å². The number of amidine groups is 1. The smallest absolute Gasteiger partial charge is 0.343 e. The summed E-state index contributed by atoms with van der Waals surface area (Å²) in [5.41, 5.74) is 11.7. The lowest BCUT2D eigenvalue weighted by Crippen LogP contribution is -2.20. The van der Waals surface area contributed by atoms with Crippen LogP contribution in [0.5, 0.6) is 5.75 Å². The molecule has 0 bridgehead atoms. The number of guanidine groups is 1. The number of carbonyl (C=O) groups excluding carboxylic acids is 1. The lowest BCUT2D eigenvalue weighted by Gasteiger charge is -2.11. The van der Waals surface area contributed by atoms with Crippen molar-refractivity contribution in [3.63, 3.8) is 0 Å². The van der Waals surface area contributed by atoms with E-state index >= 15 is 0 Å². The van der Waals surface area contributed by atoms with Gasteiger partial charge in [0.2, 0.25) is 0 Å². The first kappa shape index (κ1) is 32.4. The van der Waals surface area contributed by atoms with E-state index in [4.69, 9.17) is 36.1 Å². The number of carboxylic acids is 1. The number of hydrogen-bond donors (Lipinski definition) is 8. The highest BCUT2D eigenvalue weighted by Gasteiger charge is 2.19. The minimum atomic E-state index is -3.67. The summed E-state index contributed by atoms with van der Waals surface area (Å²) in [6.45, 7) is 0. The van der Waals surface area contributed by atoms with E-state index in [0.29, 0.717) is 34.5 Å². The van der Waals surface area contributed by atoms with Gasteiger partial charge in [-0.2, -0.15) is 16.8 Å². The number of nitrogen functional groups attached to an aromatic ring is 1. The molecular weight excluding hydrogens is 558 g/mol. The lowest BCUT2D eigenvalue weighted by molar-refractivity contribution is 0.0683. The van der Waals surface area contributed by atoms with Crippen molar-refractivity contribution >= 4 is 60.4 Å². The quantitative estimate of drug-likeness (QED) is 0.0692. The van der Waals surface area contributed by atoms with Crippen molar-refractivity contribution in [2.24, 2.45) is 11.5 Å². The highest BCUT2D eigenvalue weighted by atomic mass is 32.2. The average Bonchev–Trinajstić information content (AvgIpc) is 2.76. The molecular formula is C22H25N5O10S2. The molecule has 0 heterocycles. The maximum absolute atomic E-state index is 12.5. The summed E-state index contributed by atoms with van der Waals surface area (Å²) in [4.78, 5) is 24.3. The van der Waals surface area contributed by atoms with Gasteiger partial charge in [-0.05, 0) is 41.8 Å². The molecule has 0 aliphatic heterocycles. The molecule has 0 spiro atoms. The zero-order valence-electron chi connectivity index (χ0n) is 20.4. The lowest BCUT2D eigenvalue weighted by atomic mass is 10.0. The van der Waals surface area contributed by atoms with Gasteiger partial charge in [0.05, 0.1) is 18.1 Å². The molecule has 0 amide bonds. The van der Waals surface area contributed by atoms with Crippen LogP contribution in [0.4, 0.5) is 5.69 Å². The van der Waals surface area contributed by atoms with Crippen molar-refractivity contribution in [1.29, 1.82) is 10.8 Å². The molecule has 17 heteroatoms. The highest BCUT2D eigenvalue weighted by molar-refractivity contribution is 7.85. The number of nitrogens with one attached hydrogen (secondary N) is 3. The van der Waals surface area contributed by atoms with Crippen LogP contribution in [-0.2, 0) is 20.2 Å². The number of anilines is 1. The number of fused-ring (bicyclic) bond motifs is 1. The highest BCUT2D eigenvalue weighted by Crippen LogP contribution is 2.29. The number of aromatic carboxylic acids is 1. The predicted molar refractivity (Wildman–Crippen MR) is 144 cm³/mol. The second-order valence-corrected chi connectivity index (χ2v) is 10.5. The molecule has 210 valence electrons. The van der Waals surface area contributed by atoms with Crippen LogP contribution in [0.1, 0.15) is 26.3 Å². The third-order valence-electron chi connectivity index (χ3n) is 4.11. The molecule has 3 aromatic carbocycles. The fraction of sp³-hybridized carbons (Fsp3) is 0.0909. The second kappa shape index (κ2) is 13.3. The number of nitrogens with two attached hydrogens (primary N) is 2. The molecule has 0 fully saturated rings. The number of carboxylic acid groups (broad SMARTS) is 1. The molecule has 0 aliphatic rings. The molecule has 0 saturated carbocycles. The fourth-order valence-electron chi connectivity index (χ4n) is 2.79. The van der Waals surface area contributed by atoms with Crippen LogP contribution >= 0.6 is 0 Å². The Bertz CT molecular complexity index is 1570. The number of hydrogen-bond acceptors (Lipinski definition) is 9. The van der Waals surface area contributed by atoms with E-state index in [9.17, 15) is 31.5 Å². The largest absolute Gasteiger partial charge is 0.478 e. The number of ether oxygens (including phenoxy) is 1. The van der Waals surface area contributed by atoms with Crippen molar-refractivity contribution in [3.8, 4) is 5.75 Å². The van der Waals surface area contributed by atoms with Gasteiger partial charge in [-0.1, -0.05) is 18.2 Å². The molecule has 0 atom stereocenters. The summed E-state index contributed by atoms with van der Waals surface area (Å²) in [6.07, 6.45) is 1.43. The van der Waals surface area contributed by atoms with Crippen molar-refractivity contribution in [1.82, 2.24) is 0 Å². The Balaban J connectivity index is 0.000000650. The summed E-state index contributed by atoms with van der Waals surface area (Å²) in [6, 6.07) is 13.6. The Morgan fingerprint density at radius 1 is 0.846 bits per heavy atom. The summed E-state index contributed by atoms with van der Waals surface area (Å²) >= 11 is 0. The van der Waals surface area contributed by atoms with Crippen molar-refractivity contribution in [3.05, 3.63) is 71.3 Å². The third kappa shape index (κ3) is 12.5. The summed E-state index contributed by atoms with van der Waals surface area (Å²) in [5.74, 6) is -2.47.